The van der Waals surface area contributed by atoms with Crippen LogP contribution in [0.1, 0.15) is 16.1 Å². The van der Waals surface area contributed by atoms with Crippen LogP contribution in [0.5, 0.6) is 11.5 Å². The summed E-state index contributed by atoms with van der Waals surface area (Å²) in [6.07, 6.45) is 0. The quantitative estimate of drug-likeness (QED) is 0.634. The third-order valence-electron chi connectivity index (χ3n) is 3.82. The second-order valence-corrected chi connectivity index (χ2v) is 6.27. The molecule has 3 rings (SSSR count). The van der Waals surface area contributed by atoms with E-state index in [1.165, 1.54) is 4.68 Å². The van der Waals surface area contributed by atoms with Crippen LogP contribution < -0.4 is 10.1 Å². The van der Waals surface area contributed by atoms with Gasteiger partial charge in [-0.05, 0) is 31.2 Å². The zero-order valence-electron chi connectivity index (χ0n) is 15.3. The number of nitrogens with zero attached hydrogens (tertiary/aromatic N) is 2. The minimum absolute atomic E-state index is 0.143. The molecule has 28 heavy (non-hydrogen) atoms. The third kappa shape index (κ3) is 4.50. The van der Waals surface area contributed by atoms with Crippen molar-refractivity contribution in [1.82, 2.24) is 9.78 Å². The summed E-state index contributed by atoms with van der Waals surface area (Å²) in [5, 5.41) is 6.88. The highest BCUT2D eigenvalue weighted by molar-refractivity contribution is 6.32. The van der Waals surface area contributed by atoms with Gasteiger partial charge in [-0.3, -0.25) is 9.48 Å². The summed E-state index contributed by atoms with van der Waals surface area (Å²) >= 11 is 6.03. The predicted octanol–water partition coefficient (Wildman–Crippen LogP) is 3.97. The maximum atomic E-state index is 12.2. The maximum Gasteiger partial charge on any atom is 0.343 e. The van der Waals surface area contributed by atoms with Gasteiger partial charge in [0.1, 0.15) is 16.5 Å². The minimum Gasteiger partial charge on any atom is -0.455 e. The van der Waals surface area contributed by atoms with Crippen molar-refractivity contribution < 1.29 is 19.1 Å². The molecule has 0 aliphatic rings. The van der Waals surface area contributed by atoms with Gasteiger partial charge in [-0.1, -0.05) is 41.9 Å². The van der Waals surface area contributed by atoms with Crippen LogP contribution in [-0.2, 0) is 16.6 Å². The van der Waals surface area contributed by atoms with E-state index in [0.717, 1.165) is 0 Å². The van der Waals surface area contributed by atoms with Gasteiger partial charge < -0.3 is 14.8 Å². The van der Waals surface area contributed by atoms with Gasteiger partial charge in [0.25, 0.3) is 5.91 Å². The first-order chi connectivity index (χ1) is 13.5. The average Bonchev–Trinajstić information content (AvgIpc) is 2.94. The number of hydrogen-bond acceptors (Lipinski definition) is 5. The van der Waals surface area contributed by atoms with Crippen LogP contribution in [0.25, 0.3) is 0 Å². The Morgan fingerprint density at radius 3 is 2.46 bits per heavy atom. The Hall–Kier alpha value is -3.32. The Bertz CT molecular complexity index is 1000. The lowest BCUT2D eigenvalue weighted by atomic mass is 10.2. The van der Waals surface area contributed by atoms with Crippen LogP contribution in [0, 0.1) is 6.92 Å². The fourth-order valence-electron chi connectivity index (χ4n) is 2.53. The largest absolute Gasteiger partial charge is 0.455 e. The topological polar surface area (TPSA) is 82.5 Å². The molecule has 2 aromatic carbocycles. The fraction of sp³-hybridized carbons (Fsp3) is 0.150. The number of para-hydroxylation sites is 3. The number of nitrogens with one attached hydrogen (secondary N) is 1. The highest BCUT2D eigenvalue weighted by Crippen LogP contribution is 2.29. The first-order valence-corrected chi connectivity index (χ1v) is 8.81. The molecule has 0 unspecified atom stereocenters. The van der Waals surface area contributed by atoms with Crippen molar-refractivity contribution in [3.8, 4) is 11.5 Å². The van der Waals surface area contributed by atoms with E-state index in [2.05, 4.69) is 10.4 Å². The molecular weight excluding hydrogens is 382 g/mol. The Morgan fingerprint density at radius 2 is 1.79 bits per heavy atom. The smallest absolute Gasteiger partial charge is 0.343 e. The van der Waals surface area contributed by atoms with Gasteiger partial charge in [0.15, 0.2) is 12.4 Å². The van der Waals surface area contributed by atoms with Gasteiger partial charge in [0.2, 0.25) is 0 Å². The van der Waals surface area contributed by atoms with E-state index in [4.69, 9.17) is 21.1 Å². The van der Waals surface area contributed by atoms with E-state index < -0.39 is 18.5 Å². The molecule has 1 N–H and O–H groups in total. The lowest BCUT2D eigenvalue weighted by molar-refractivity contribution is -0.119. The molecule has 0 spiro atoms. The van der Waals surface area contributed by atoms with E-state index in [-0.39, 0.29) is 10.7 Å². The number of ether oxygens (including phenoxy) is 2. The third-order valence-corrected chi connectivity index (χ3v) is 4.26. The number of carbonyl (C=O) groups is 2. The number of hydrogen-bond donors (Lipinski definition) is 1. The molecular formula is C20H18ClN3O4. The Morgan fingerprint density at radius 1 is 1.11 bits per heavy atom. The molecule has 144 valence electrons. The monoisotopic (exact) mass is 399 g/mol. The number of amides is 1. The number of rotatable bonds is 6. The molecule has 7 nitrogen and oxygen atoms in total. The molecule has 8 heteroatoms. The van der Waals surface area contributed by atoms with Crippen molar-refractivity contribution in [1.29, 1.82) is 0 Å². The molecule has 1 amide bonds. The van der Waals surface area contributed by atoms with Crippen LogP contribution in [0.15, 0.2) is 54.6 Å². The van der Waals surface area contributed by atoms with E-state index in [0.29, 0.717) is 22.9 Å². The first kappa shape index (κ1) is 19.4. The second-order valence-electron chi connectivity index (χ2n) is 5.91. The molecule has 0 fully saturated rings. The number of aromatic nitrogens is 2. The SMILES string of the molecule is Cc1nn(C)c(Cl)c1C(=O)OCC(=O)Nc1ccccc1Oc1ccccc1. The van der Waals surface area contributed by atoms with Gasteiger partial charge in [-0.15, -0.1) is 0 Å². The number of halogens is 1. The lowest BCUT2D eigenvalue weighted by Crippen LogP contribution is -2.21. The number of aryl methyl sites for hydroxylation is 2. The first-order valence-electron chi connectivity index (χ1n) is 8.43. The van der Waals surface area contributed by atoms with Crippen molar-refractivity contribution in [2.45, 2.75) is 6.92 Å². The number of carbonyl (C=O) groups excluding carboxylic acids is 2. The normalized spacial score (nSPS) is 10.4. The van der Waals surface area contributed by atoms with Gasteiger partial charge in [-0.25, -0.2) is 4.79 Å². The van der Waals surface area contributed by atoms with Crippen LogP contribution in [-0.4, -0.2) is 28.3 Å². The van der Waals surface area contributed by atoms with E-state index >= 15 is 0 Å². The van der Waals surface area contributed by atoms with Crippen LogP contribution in [0.4, 0.5) is 5.69 Å². The van der Waals surface area contributed by atoms with Crippen LogP contribution >= 0.6 is 11.6 Å². The van der Waals surface area contributed by atoms with E-state index in [1.54, 1.807) is 50.4 Å². The zero-order valence-corrected chi connectivity index (χ0v) is 16.1. The van der Waals surface area contributed by atoms with Crippen molar-refractivity contribution in [3.05, 3.63) is 71.0 Å². The maximum absolute atomic E-state index is 12.2. The fourth-order valence-corrected chi connectivity index (χ4v) is 2.78. The van der Waals surface area contributed by atoms with E-state index in [1.807, 2.05) is 18.2 Å². The van der Waals surface area contributed by atoms with Gasteiger partial charge >= 0.3 is 5.97 Å². The summed E-state index contributed by atoms with van der Waals surface area (Å²) < 4.78 is 12.2. The molecule has 1 aromatic heterocycles. The molecule has 0 radical (unpaired) electrons. The molecule has 0 atom stereocenters. The van der Waals surface area contributed by atoms with E-state index in [9.17, 15) is 9.59 Å². The van der Waals surface area contributed by atoms with Gasteiger partial charge in [-0.2, -0.15) is 5.10 Å². The number of benzene rings is 2. The Labute approximate surface area is 166 Å². The van der Waals surface area contributed by atoms with Gasteiger partial charge in [0.05, 0.1) is 11.4 Å². The molecule has 0 aliphatic heterocycles. The van der Waals surface area contributed by atoms with Crippen molar-refractivity contribution >= 4 is 29.2 Å². The highest BCUT2D eigenvalue weighted by Gasteiger charge is 2.21. The second kappa shape index (κ2) is 8.58. The predicted molar refractivity (Wildman–Crippen MR) is 105 cm³/mol. The summed E-state index contributed by atoms with van der Waals surface area (Å²) in [5.74, 6) is -0.105. The lowest BCUT2D eigenvalue weighted by Gasteiger charge is -2.12. The summed E-state index contributed by atoms with van der Waals surface area (Å²) in [5.41, 5.74) is 1.03. The molecule has 0 saturated carbocycles. The summed E-state index contributed by atoms with van der Waals surface area (Å²) in [7, 11) is 1.61. The van der Waals surface area contributed by atoms with Crippen LogP contribution in [0.2, 0.25) is 5.15 Å². The molecule has 3 aromatic rings. The minimum atomic E-state index is -0.709. The standard InChI is InChI=1S/C20H18ClN3O4/c1-13-18(19(21)24(2)23-13)20(26)27-12-17(25)22-15-10-6-7-11-16(15)28-14-8-4-3-5-9-14/h3-11H,12H2,1-2H3,(H,22,25). The Kier molecular flexibility index (Phi) is 5.96. The Balaban J connectivity index is 1.63. The molecule has 0 aliphatic carbocycles. The van der Waals surface area contributed by atoms with Crippen LogP contribution in [0.3, 0.4) is 0 Å². The average molecular weight is 400 g/mol. The van der Waals surface area contributed by atoms with Crippen molar-refractivity contribution in [2.24, 2.45) is 7.05 Å². The number of esters is 1. The summed E-state index contributed by atoms with van der Waals surface area (Å²) in [4.78, 5) is 24.4. The summed E-state index contributed by atoms with van der Waals surface area (Å²) in [6.45, 7) is 1.17. The summed E-state index contributed by atoms with van der Waals surface area (Å²) in [6, 6.07) is 16.2. The zero-order chi connectivity index (χ0) is 20.1. The molecule has 0 saturated heterocycles. The number of anilines is 1. The molecule has 1 heterocycles. The van der Waals surface area contributed by atoms with Crippen molar-refractivity contribution in [3.63, 3.8) is 0 Å². The molecule has 0 bridgehead atoms. The highest BCUT2D eigenvalue weighted by atomic mass is 35.5. The van der Waals surface area contributed by atoms with Gasteiger partial charge in [0, 0.05) is 7.05 Å². The van der Waals surface area contributed by atoms with Crippen molar-refractivity contribution in [2.75, 3.05) is 11.9 Å².